The molecule has 4 aromatic rings. The molecule has 1 saturated heterocycles. The van der Waals surface area contributed by atoms with Crippen molar-refractivity contribution < 1.29 is 19.0 Å². The molecule has 1 aliphatic rings. The molecule has 1 amide bonds. The van der Waals surface area contributed by atoms with Gasteiger partial charge in [-0.2, -0.15) is 10.4 Å². The Labute approximate surface area is 256 Å². The molecular formula is C33H38FN7O3. The number of nitrogens with one attached hydrogen (secondary N) is 2. The first kappa shape index (κ1) is 30.9. The van der Waals surface area contributed by atoms with Gasteiger partial charge in [0, 0.05) is 49.1 Å². The van der Waals surface area contributed by atoms with Gasteiger partial charge in [-0.25, -0.2) is 13.9 Å². The van der Waals surface area contributed by atoms with Crippen molar-refractivity contribution in [2.75, 3.05) is 37.7 Å². The van der Waals surface area contributed by atoms with Crippen LogP contribution >= 0.6 is 0 Å². The fraction of sp³-hybridized carbons (Fsp3) is 0.394. The SMILES string of the molecule is CCOc1cc(-c2ccc(N3CCC(CNCC(C)(C)O)(NC(=O)c4cc(F)ccc4C)CC3)nc2)c2c(C#N)cnn2c1. The van der Waals surface area contributed by atoms with E-state index >= 15 is 0 Å². The van der Waals surface area contributed by atoms with E-state index in [1.54, 1.807) is 49.9 Å². The molecule has 4 heterocycles. The molecule has 5 rings (SSSR count). The van der Waals surface area contributed by atoms with Gasteiger partial charge in [0.25, 0.3) is 5.91 Å². The molecule has 3 N–H and O–H groups in total. The number of fused-ring (bicyclic) bond motifs is 1. The minimum Gasteiger partial charge on any atom is -0.492 e. The quantitative estimate of drug-likeness (QED) is 0.247. The number of nitriles is 1. The number of ether oxygens (including phenoxy) is 1. The number of anilines is 1. The molecule has 3 aromatic heterocycles. The van der Waals surface area contributed by atoms with E-state index < -0.39 is 17.0 Å². The third-order valence-corrected chi connectivity index (χ3v) is 7.97. The molecule has 1 aliphatic heterocycles. The molecule has 44 heavy (non-hydrogen) atoms. The molecule has 11 heteroatoms. The highest BCUT2D eigenvalue weighted by Gasteiger charge is 2.37. The monoisotopic (exact) mass is 599 g/mol. The number of halogens is 1. The zero-order valence-electron chi connectivity index (χ0n) is 25.5. The van der Waals surface area contributed by atoms with Gasteiger partial charge >= 0.3 is 0 Å². The second-order valence-corrected chi connectivity index (χ2v) is 12.0. The molecular weight excluding hydrogens is 561 g/mol. The van der Waals surface area contributed by atoms with Crippen LogP contribution < -0.4 is 20.3 Å². The van der Waals surface area contributed by atoms with Crippen LogP contribution in [0.2, 0.25) is 0 Å². The van der Waals surface area contributed by atoms with Gasteiger partial charge in [-0.1, -0.05) is 6.07 Å². The number of aromatic nitrogens is 3. The Hall–Kier alpha value is -4.53. The number of aliphatic hydroxyl groups is 1. The van der Waals surface area contributed by atoms with E-state index in [-0.39, 0.29) is 5.91 Å². The zero-order chi connectivity index (χ0) is 31.5. The summed E-state index contributed by atoms with van der Waals surface area (Å²) in [5.74, 6) is 0.666. The summed E-state index contributed by atoms with van der Waals surface area (Å²) in [5.41, 5.74) is 2.30. The first-order valence-electron chi connectivity index (χ1n) is 14.8. The summed E-state index contributed by atoms with van der Waals surface area (Å²) in [5, 5.41) is 30.7. The van der Waals surface area contributed by atoms with E-state index in [0.29, 0.717) is 73.6 Å². The number of pyridine rings is 2. The molecule has 0 unspecified atom stereocenters. The van der Waals surface area contributed by atoms with Crippen molar-refractivity contribution in [3.05, 3.63) is 77.5 Å². The number of hydrogen-bond donors (Lipinski definition) is 3. The third-order valence-electron chi connectivity index (χ3n) is 7.97. The van der Waals surface area contributed by atoms with Gasteiger partial charge in [0.2, 0.25) is 0 Å². The Morgan fingerprint density at radius 2 is 1.98 bits per heavy atom. The van der Waals surface area contributed by atoms with Gasteiger partial charge in [0.05, 0.1) is 41.2 Å². The number of carbonyl (C=O) groups excluding carboxylic acids is 1. The Kier molecular flexibility index (Phi) is 8.85. The summed E-state index contributed by atoms with van der Waals surface area (Å²) in [7, 11) is 0. The fourth-order valence-corrected chi connectivity index (χ4v) is 5.64. The Balaban J connectivity index is 1.35. The average Bonchev–Trinajstić information content (AvgIpc) is 3.41. The average molecular weight is 600 g/mol. The largest absolute Gasteiger partial charge is 0.492 e. The smallest absolute Gasteiger partial charge is 0.252 e. The lowest BCUT2D eigenvalue weighted by atomic mass is 9.86. The summed E-state index contributed by atoms with van der Waals surface area (Å²) in [6.07, 6.45) is 6.33. The van der Waals surface area contributed by atoms with Gasteiger partial charge in [-0.15, -0.1) is 0 Å². The van der Waals surface area contributed by atoms with Crippen LogP contribution in [0.3, 0.4) is 0 Å². The maximum Gasteiger partial charge on any atom is 0.252 e. The van der Waals surface area contributed by atoms with Crippen LogP contribution in [-0.2, 0) is 0 Å². The first-order valence-corrected chi connectivity index (χ1v) is 14.8. The number of rotatable bonds is 10. The number of nitrogens with zero attached hydrogens (tertiary/aromatic N) is 5. The van der Waals surface area contributed by atoms with Crippen molar-refractivity contribution in [2.24, 2.45) is 0 Å². The lowest BCUT2D eigenvalue weighted by Crippen LogP contribution is -2.61. The highest BCUT2D eigenvalue weighted by atomic mass is 19.1. The second-order valence-electron chi connectivity index (χ2n) is 12.0. The van der Waals surface area contributed by atoms with Crippen molar-refractivity contribution in [1.82, 2.24) is 25.2 Å². The number of piperidine rings is 1. The predicted molar refractivity (Wildman–Crippen MR) is 166 cm³/mol. The van der Waals surface area contributed by atoms with Crippen LogP contribution in [0.1, 0.15) is 55.1 Å². The molecule has 0 bridgehead atoms. The minimum absolute atomic E-state index is 0.312. The second kappa shape index (κ2) is 12.6. The molecule has 1 fully saturated rings. The van der Waals surface area contributed by atoms with Crippen LogP contribution in [0.25, 0.3) is 16.6 Å². The number of carbonyl (C=O) groups is 1. The van der Waals surface area contributed by atoms with Gasteiger partial charge in [0.15, 0.2) is 0 Å². The summed E-state index contributed by atoms with van der Waals surface area (Å²) >= 11 is 0. The van der Waals surface area contributed by atoms with Crippen LogP contribution in [0.15, 0.2) is 55.0 Å². The molecule has 0 atom stereocenters. The minimum atomic E-state index is -0.907. The summed E-state index contributed by atoms with van der Waals surface area (Å²) in [6, 6.07) is 12.3. The maximum atomic E-state index is 14.0. The summed E-state index contributed by atoms with van der Waals surface area (Å²) in [4.78, 5) is 20.3. The molecule has 1 aromatic carbocycles. The van der Waals surface area contributed by atoms with Gasteiger partial charge < -0.3 is 25.4 Å². The molecule has 0 saturated carbocycles. The van der Waals surface area contributed by atoms with Crippen LogP contribution in [0.4, 0.5) is 10.2 Å². The van der Waals surface area contributed by atoms with Gasteiger partial charge in [-0.05, 0) is 76.4 Å². The van der Waals surface area contributed by atoms with Crippen LogP contribution in [-0.4, -0.2) is 69.5 Å². The molecule has 0 spiro atoms. The fourth-order valence-electron chi connectivity index (χ4n) is 5.64. The van der Waals surface area contributed by atoms with Gasteiger partial charge in [-0.3, -0.25) is 4.79 Å². The number of aryl methyl sites for hydroxylation is 1. The maximum absolute atomic E-state index is 14.0. The third kappa shape index (κ3) is 6.82. The Morgan fingerprint density at radius 3 is 2.64 bits per heavy atom. The van der Waals surface area contributed by atoms with E-state index in [2.05, 4.69) is 26.7 Å². The predicted octanol–water partition coefficient (Wildman–Crippen LogP) is 4.24. The van der Waals surface area contributed by atoms with E-state index in [0.717, 1.165) is 16.9 Å². The summed E-state index contributed by atoms with van der Waals surface area (Å²) in [6.45, 7) is 9.73. The van der Waals surface area contributed by atoms with Crippen molar-refractivity contribution in [2.45, 2.75) is 51.7 Å². The van der Waals surface area contributed by atoms with E-state index in [1.165, 1.54) is 12.1 Å². The molecule has 10 nitrogen and oxygen atoms in total. The number of benzene rings is 1. The Bertz CT molecular complexity index is 1680. The highest BCUT2D eigenvalue weighted by molar-refractivity contribution is 5.96. The van der Waals surface area contributed by atoms with Crippen LogP contribution in [0, 0.1) is 24.1 Å². The van der Waals surface area contributed by atoms with Crippen molar-refractivity contribution in [3.8, 4) is 22.9 Å². The standard InChI is InChI=1S/C33H38FN7O3/c1-5-44-26-15-28(30-24(16-35)18-38-41(30)19-26)23-7-9-29(37-17-23)40-12-10-33(11-13-40,21-36-20-32(3,4)43)39-31(42)27-14-25(34)8-6-22(27)2/h6-9,14-15,17-19,36,43H,5,10-13,20-21H2,1-4H3,(H,39,42). The van der Waals surface area contributed by atoms with E-state index in [9.17, 15) is 19.6 Å². The lowest BCUT2D eigenvalue weighted by Gasteiger charge is -2.43. The zero-order valence-corrected chi connectivity index (χ0v) is 25.5. The normalized spacial score (nSPS) is 14.8. The Morgan fingerprint density at radius 1 is 1.20 bits per heavy atom. The van der Waals surface area contributed by atoms with Gasteiger partial charge in [0.1, 0.15) is 23.5 Å². The summed E-state index contributed by atoms with van der Waals surface area (Å²) < 4.78 is 21.4. The van der Waals surface area contributed by atoms with E-state index in [1.807, 2.05) is 25.1 Å². The van der Waals surface area contributed by atoms with Crippen molar-refractivity contribution in [1.29, 1.82) is 5.26 Å². The number of amides is 1. The lowest BCUT2D eigenvalue weighted by molar-refractivity contribution is 0.0740. The van der Waals surface area contributed by atoms with Crippen molar-refractivity contribution >= 4 is 17.2 Å². The molecule has 0 radical (unpaired) electrons. The molecule has 0 aliphatic carbocycles. The topological polar surface area (TPSA) is 128 Å². The molecule has 230 valence electrons. The van der Waals surface area contributed by atoms with E-state index in [4.69, 9.17) is 9.72 Å². The van der Waals surface area contributed by atoms with Crippen LogP contribution in [0.5, 0.6) is 5.75 Å². The van der Waals surface area contributed by atoms with Crippen molar-refractivity contribution in [3.63, 3.8) is 0 Å². The first-order chi connectivity index (χ1) is 21.0. The number of hydrogen-bond acceptors (Lipinski definition) is 8. The highest BCUT2D eigenvalue weighted by Crippen LogP contribution is 2.32.